The van der Waals surface area contributed by atoms with Crippen LogP contribution in [0.2, 0.25) is 0 Å². The molecule has 0 radical (unpaired) electrons. The van der Waals surface area contributed by atoms with Crippen LogP contribution in [0.15, 0.2) is 23.1 Å². The van der Waals surface area contributed by atoms with Crippen LogP contribution in [-0.2, 0) is 21.0 Å². The van der Waals surface area contributed by atoms with Crippen molar-refractivity contribution in [2.45, 2.75) is 43.2 Å². The monoisotopic (exact) mass is 396 g/mol. The lowest BCUT2D eigenvalue weighted by Gasteiger charge is -2.22. The molecule has 1 heterocycles. The molecule has 1 aliphatic heterocycles. The van der Waals surface area contributed by atoms with Crippen LogP contribution in [0.3, 0.4) is 0 Å². The average molecular weight is 396 g/mol. The van der Waals surface area contributed by atoms with E-state index in [4.69, 9.17) is 0 Å². The quantitative estimate of drug-likeness (QED) is 0.782. The number of carbonyl (C=O) groups excluding carboxylic acids is 1. The molecule has 1 saturated heterocycles. The molecule has 1 N–H and O–H groups in total. The first-order chi connectivity index (χ1) is 12.1. The normalized spacial score (nSPS) is 18.8. The van der Waals surface area contributed by atoms with Gasteiger partial charge in [-0.15, -0.1) is 0 Å². The van der Waals surface area contributed by atoms with Gasteiger partial charge in [-0.05, 0) is 37.5 Å². The van der Waals surface area contributed by atoms with Crippen molar-refractivity contribution < 1.29 is 30.8 Å². The molecule has 0 atom stereocenters. The molecule has 0 saturated carbocycles. The molecule has 1 aromatic rings. The van der Waals surface area contributed by atoms with Crippen LogP contribution in [0.25, 0.3) is 0 Å². The van der Waals surface area contributed by atoms with E-state index >= 15 is 0 Å². The number of rotatable bonds is 2. The number of nitrogens with zero attached hydrogens (tertiary/aromatic N) is 1. The molecule has 2 rings (SSSR count). The Balaban J connectivity index is 2.31. The maximum absolute atomic E-state index is 13.6. The molecule has 146 valence electrons. The van der Waals surface area contributed by atoms with Crippen molar-refractivity contribution in [2.24, 2.45) is 0 Å². The van der Waals surface area contributed by atoms with E-state index in [-0.39, 0.29) is 37.9 Å². The van der Waals surface area contributed by atoms with Crippen LogP contribution in [0.5, 0.6) is 0 Å². The van der Waals surface area contributed by atoms with E-state index in [1.54, 1.807) is 0 Å². The van der Waals surface area contributed by atoms with E-state index in [1.165, 1.54) is 0 Å². The van der Waals surface area contributed by atoms with Gasteiger partial charge < -0.3 is 5.32 Å². The second kappa shape index (κ2) is 8.34. The maximum Gasteiger partial charge on any atom is 0.416 e. The second-order valence-corrected chi connectivity index (χ2v) is 8.03. The molecule has 0 bridgehead atoms. The Hall–Kier alpha value is -1.68. The highest BCUT2D eigenvalue weighted by Crippen LogP contribution is 2.32. The number of carbonyl (C=O) groups is 1. The van der Waals surface area contributed by atoms with Gasteiger partial charge in [0.05, 0.1) is 10.5 Å². The zero-order valence-electron chi connectivity index (χ0n) is 14.0. The van der Waals surface area contributed by atoms with Crippen molar-refractivity contribution in [3.63, 3.8) is 0 Å². The summed E-state index contributed by atoms with van der Waals surface area (Å²) < 4.78 is 78.7. The fourth-order valence-electron chi connectivity index (χ4n) is 2.70. The second-order valence-electron chi connectivity index (χ2n) is 6.09. The first kappa shape index (κ1) is 20.6. The minimum Gasteiger partial charge on any atom is -0.356 e. The third kappa shape index (κ3) is 5.41. The molecule has 0 unspecified atom stereocenters. The summed E-state index contributed by atoms with van der Waals surface area (Å²) in [7, 11) is -4.30. The molecule has 26 heavy (non-hydrogen) atoms. The Morgan fingerprint density at radius 2 is 1.69 bits per heavy atom. The van der Waals surface area contributed by atoms with Crippen molar-refractivity contribution in [1.29, 1.82) is 0 Å². The molecular formula is C16H20F4N2O3S. The predicted octanol–water partition coefficient (Wildman–Crippen LogP) is 2.92. The Bertz CT molecular complexity index is 750. The van der Waals surface area contributed by atoms with Gasteiger partial charge in [-0.1, -0.05) is 6.42 Å². The minimum atomic E-state index is -4.85. The van der Waals surface area contributed by atoms with E-state index < -0.39 is 32.5 Å². The van der Waals surface area contributed by atoms with Gasteiger partial charge in [0, 0.05) is 26.1 Å². The number of halogens is 4. The maximum atomic E-state index is 13.6. The Kier molecular flexibility index (Phi) is 6.62. The van der Waals surface area contributed by atoms with E-state index in [9.17, 15) is 30.8 Å². The van der Waals surface area contributed by atoms with Crippen LogP contribution in [0.4, 0.5) is 17.6 Å². The number of amides is 1. The first-order valence-corrected chi connectivity index (χ1v) is 9.69. The highest BCUT2D eigenvalue weighted by atomic mass is 32.2. The molecule has 1 aromatic carbocycles. The van der Waals surface area contributed by atoms with Crippen LogP contribution >= 0.6 is 0 Å². The SMILES string of the molecule is O=C1CCCN(S(=O)(=O)c2cc(F)cc(C(F)(F)F)c2)CCCCCN1. The summed E-state index contributed by atoms with van der Waals surface area (Å²) in [5.74, 6) is -1.47. The topological polar surface area (TPSA) is 66.5 Å². The lowest BCUT2D eigenvalue weighted by molar-refractivity contribution is -0.138. The number of hydrogen-bond acceptors (Lipinski definition) is 3. The zero-order chi connectivity index (χ0) is 19.4. The highest BCUT2D eigenvalue weighted by molar-refractivity contribution is 7.89. The molecule has 1 aliphatic rings. The molecule has 0 spiro atoms. The third-order valence-electron chi connectivity index (χ3n) is 4.05. The zero-order valence-corrected chi connectivity index (χ0v) is 14.8. The highest BCUT2D eigenvalue weighted by Gasteiger charge is 2.34. The summed E-state index contributed by atoms with van der Waals surface area (Å²) in [5.41, 5.74) is -1.35. The number of alkyl halides is 3. The fourth-order valence-corrected chi connectivity index (χ4v) is 4.27. The van der Waals surface area contributed by atoms with Gasteiger partial charge in [-0.25, -0.2) is 12.8 Å². The van der Waals surface area contributed by atoms with Crippen LogP contribution in [0, 0.1) is 5.82 Å². The Labute approximate surface area is 149 Å². The summed E-state index contributed by atoms with van der Waals surface area (Å²) in [6.07, 6.45) is -2.68. The summed E-state index contributed by atoms with van der Waals surface area (Å²) in [6.45, 7) is 0.590. The fraction of sp³-hybridized carbons (Fsp3) is 0.562. The first-order valence-electron chi connectivity index (χ1n) is 8.25. The van der Waals surface area contributed by atoms with Crippen molar-refractivity contribution in [1.82, 2.24) is 9.62 Å². The van der Waals surface area contributed by atoms with Crippen molar-refractivity contribution in [3.8, 4) is 0 Å². The number of nitrogens with one attached hydrogen (secondary N) is 1. The molecule has 10 heteroatoms. The lowest BCUT2D eigenvalue weighted by atomic mass is 10.2. The van der Waals surface area contributed by atoms with Crippen LogP contribution < -0.4 is 5.32 Å². The summed E-state index contributed by atoms with van der Waals surface area (Å²) in [5, 5.41) is 2.72. The molecule has 1 fully saturated rings. The predicted molar refractivity (Wildman–Crippen MR) is 86.3 cm³/mol. The number of hydrogen-bond donors (Lipinski definition) is 1. The average Bonchev–Trinajstić information content (AvgIpc) is 2.59. The van der Waals surface area contributed by atoms with Crippen molar-refractivity contribution >= 4 is 15.9 Å². The summed E-state index contributed by atoms with van der Waals surface area (Å²) in [6, 6.07) is 1.29. The number of benzene rings is 1. The largest absolute Gasteiger partial charge is 0.416 e. The van der Waals surface area contributed by atoms with Crippen LogP contribution in [-0.4, -0.2) is 38.3 Å². The van der Waals surface area contributed by atoms with Crippen LogP contribution in [0.1, 0.15) is 37.7 Å². The van der Waals surface area contributed by atoms with E-state index in [0.717, 1.165) is 4.31 Å². The van der Waals surface area contributed by atoms with E-state index in [0.29, 0.717) is 37.9 Å². The summed E-state index contributed by atoms with van der Waals surface area (Å²) >= 11 is 0. The number of sulfonamides is 1. The summed E-state index contributed by atoms with van der Waals surface area (Å²) in [4.78, 5) is 10.9. The van der Waals surface area contributed by atoms with Gasteiger partial charge in [-0.3, -0.25) is 4.79 Å². The molecule has 5 nitrogen and oxygen atoms in total. The van der Waals surface area contributed by atoms with E-state index in [2.05, 4.69) is 5.32 Å². The Morgan fingerprint density at radius 3 is 2.38 bits per heavy atom. The minimum absolute atomic E-state index is 0.0202. The van der Waals surface area contributed by atoms with E-state index in [1.807, 2.05) is 0 Å². The van der Waals surface area contributed by atoms with Gasteiger partial charge in [-0.2, -0.15) is 17.5 Å². The van der Waals surface area contributed by atoms with Gasteiger partial charge in [0.25, 0.3) is 0 Å². The smallest absolute Gasteiger partial charge is 0.356 e. The van der Waals surface area contributed by atoms with Gasteiger partial charge in [0.2, 0.25) is 15.9 Å². The third-order valence-corrected chi connectivity index (χ3v) is 5.93. The van der Waals surface area contributed by atoms with Crippen molar-refractivity contribution in [3.05, 3.63) is 29.6 Å². The molecule has 0 aromatic heterocycles. The standard InChI is InChI=1S/C16H20F4N2O3S/c17-13-9-12(16(18,19)20)10-14(11-13)26(24,25)22-7-3-1-2-6-21-15(23)5-4-8-22/h9-11H,1-8H2,(H,21,23). The van der Waals surface area contributed by atoms with Gasteiger partial charge in [0.15, 0.2) is 0 Å². The van der Waals surface area contributed by atoms with Gasteiger partial charge >= 0.3 is 6.18 Å². The van der Waals surface area contributed by atoms with Crippen molar-refractivity contribution in [2.75, 3.05) is 19.6 Å². The molecule has 0 aliphatic carbocycles. The molecular weight excluding hydrogens is 376 g/mol. The Morgan fingerprint density at radius 1 is 1.00 bits per heavy atom. The molecule has 1 amide bonds. The lowest BCUT2D eigenvalue weighted by Crippen LogP contribution is -2.33. The van der Waals surface area contributed by atoms with Gasteiger partial charge in [0.1, 0.15) is 5.82 Å².